The van der Waals surface area contributed by atoms with E-state index >= 15 is 0 Å². The molecule has 0 spiro atoms. The topological polar surface area (TPSA) is 81.7 Å². The third-order valence-corrected chi connectivity index (χ3v) is 5.48. The van der Waals surface area contributed by atoms with Gasteiger partial charge < -0.3 is 9.47 Å². The third-order valence-electron chi connectivity index (χ3n) is 3.28. The van der Waals surface area contributed by atoms with Crippen molar-refractivity contribution in [2.24, 2.45) is 5.92 Å². The summed E-state index contributed by atoms with van der Waals surface area (Å²) in [5.41, 5.74) is -0.698. The van der Waals surface area contributed by atoms with E-state index in [1.54, 1.807) is 13.8 Å². The molecule has 0 bridgehead atoms. The maximum absolute atomic E-state index is 12.4. The van der Waals surface area contributed by atoms with Crippen molar-refractivity contribution < 1.29 is 22.7 Å². The maximum atomic E-state index is 12.4. The maximum Gasteiger partial charge on any atom is 0.310 e. The van der Waals surface area contributed by atoms with E-state index < -0.39 is 32.7 Å². The average molecular weight is 293 g/mol. The van der Waals surface area contributed by atoms with Gasteiger partial charge >= 0.3 is 5.97 Å². The van der Waals surface area contributed by atoms with Crippen molar-refractivity contribution in [1.82, 2.24) is 4.72 Å². The summed E-state index contributed by atoms with van der Waals surface area (Å²) in [7, 11) is -0.774. The number of rotatable bonds is 6. The van der Waals surface area contributed by atoms with Crippen molar-refractivity contribution in [2.75, 3.05) is 20.8 Å². The number of ether oxygens (including phenoxy) is 2. The van der Waals surface area contributed by atoms with E-state index in [2.05, 4.69) is 9.46 Å². The lowest BCUT2D eigenvalue weighted by Gasteiger charge is -2.28. The summed E-state index contributed by atoms with van der Waals surface area (Å²) in [6, 6.07) is 0. The van der Waals surface area contributed by atoms with Crippen molar-refractivity contribution in [1.29, 1.82) is 0 Å². The van der Waals surface area contributed by atoms with Gasteiger partial charge in [0, 0.05) is 7.11 Å². The van der Waals surface area contributed by atoms with Crippen LogP contribution in [-0.2, 0) is 24.3 Å². The summed E-state index contributed by atoms with van der Waals surface area (Å²) in [5, 5.41) is -0.712. The Balaban J connectivity index is 2.85. The van der Waals surface area contributed by atoms with E-state index in [0.717, 1.165) is 6.42 Å². The highest BCUT2D eigenvalue weighted by atomic mass is 32.2. The van der Waals surface area contributed by atoms with E-state index in [1.165, 1.54) is 14.2 Å². The summed E-state index contributed by atoms with van der Waals surface area (Å²) in [5.74, 6) is -1.02. The van der Waals surface area contributed by atoms with E-state index in [4.69, 9.17) is 4.74 Å². The fourth-order valence-corrected chi connectivity index (χ4v) is 4.71. The average Bonchev–Trinajstić information content (AvgIpc) is 2.75. The molecule has 1 fully saturated rings. The number of carbonyl (C=O) groups is 1. The zero-order chi connectivity index (χ0) is 14.7. The lowest BCUT2D eigenvalue weighted by Crippen LogP contribution is -2.51. The SMILES string of the molecule is COCC(C)(C)NS(=O)(=O)C1CCCC1C(=O)OC. The predicted molar refractivity (Wildman–Crippen MR) is 71.2 cm³/mol. The summed E-state index contributed by atoms with van der Waals surface area (Å²) < 4.78 is 37.1. The Morgan fingerprint density at radius 3 is 2.47 bits per heavy atom. The molecule has 1 aliphatic rings. The Morgan fingerprint density at radius 2 is 1.95 bits per heavy atom. The van der Waals surface area contributed by atoms with Crippen LogP contribution in [0.25, 0.3) is 0 Å². The molecule has 2 unspecified atom stereocenters. The summed E-state index contributed by atoms with van der Waals surface area (Å²) in [4.78, 5) is 11.6. The summed E-state index contributed by atoms with van der Waals surface area (Å²) >= 11 is 0. The van der Waals surface area contributed by atoms with Gasteiger partial charge in [-0.15, -0.1) is 0 Å². The van der Waals surface area contributed by atoms with Gasteiger partial charge in [-0.2, -0.15) is 0 Å². The number of nitrogens with one attached hydrogen (secondary N) is 1. The highest BCUT2D eigenvalue weighted by Gasteiger charge is 2.43. The van der Waals surface area contributed by atoms with Gasteiger partial charge in [0.05, 0.1) is 30.4 Å². The second-order valence-corrected chi connectivity index (χ2v) is 7.46. The number of hydrogen-bond acceptors (Lipinski definition) is 5. The van der Waals surface area contributed by atoms with Crippen LogP contribution in [0.3, 0.4) is 0 Å². The number of methoxy groups -OCH3 is 2. The van der Waals surface area contributed by atoms with Crippen LogP contribution in [0.1, 0.15) is 33.1 Å². The molecule has 0 aromatic rings. The van der Waals surface area contributed by atoms with Crippen molar-refractivity contribution in [3.63, 3.8) is 0 Å². The highest BCUT2D eigenvalue weighted by molar-refractivity contribution is 7.90. The van der Waals surface area contributed by atoms with Gasteiger partial charge in [0.2, 0.25) is 10.0 Å². The minimum absolute atomic E-state index is 0.266. The minimum Gasteiger partial charge on any atom is -0.469 e. The first kappa shape index (κ1) is 16.4. The van der Waals surface area contributed by atoms with Gasteiger partial charge in [-0.25, -0.2) is 13.1 Å². The lowest BCUT2D eigenvalue weighted by atomic mass is 10.1. The van der Waals surface area contributed by atoms with Crippen molar-refractivity contribution in [3.05, 3.63) is 0 Å². The highest BCUT2D eigenvalue weighted by Crippen LogP contribution is 2.32. The first-order valence-corrected chi connectivity index (χ1v) is 7.87. The molecule has 0 radical (unpaired) electrons. The molecule has 0 aliphatic heterocycles. The Labute approximate surface area is 114 Å². The normalized spacial score (nSPS) is 24.4. The molecule has 112 valence electrons. The molecule has 19 heavy (non-hydrogen) atoms. The molecule has 7 heteroatoms. The van der Waals surface area contributed by atoms with Crippen LogP contribution in [0.2, 0.25) is 0 Å². The fourth-order valence-electron chi connectivity index (χ4n) is 2.57. The van der Waals surface area contributed by atoms with Crippen LogP contribution >= 0.6 is 0 Å². The summed E-state index contributed by atoms with van der Waals surface area (Å²) in [6.07, 6.45) is 1.76. The van der Waals surface area contributed by atoms with E-state index in [-0.39, 0.29) is 6.61 Å². The number of hydrogen-bond donors (Lipinski definition) is 1. The molecule has 6 nitrogen and oxygen atoms in total. The van der Waals surface area contributed by atoms with Crippen LogP contribution in [0.4, 0.5) is 0 Å². The molecule has 1 aliphatic carbocycles. The molecule has 0 aromatic heterocycles. The van der Waals surface area contributed by atoms with Crippen molar-refractivity contribution in [2.45, 2.75) is 43.9 Å². The fraction of sp³-hybridized carbons (Fsp3) is 0.917. The van der Waals surface area contributed by atoms with Gasteiger partial charge in [-0.05, 0) is 26.7 Å². The first-order valence-electron chi connectivity index (χ1n) is 6.33. The second-order valence-electron chi connectivity index (χ2n) is 5.56. The third kappa shape index (κ3) is 4.15. The second kappa shape index (κ2) is 6.19. The molecule has 0 aromatic carbocycles. The van der Waals surface area contributed by atoms with Crippen LogP contribution in [0, 0.1) is 5.92 Å². The van der Waals surface area contributed by atoms with Crippen molar-refractivity contribution in [3.8, 4) is 0 Å². The van der Waals surface area contributed by atoms with Crippen LogP contribution in [0.5, 0.6) is 0 Å². The first-order chi connectivity index (χ1) is 8.73. The lowest BCUT2D eigenvalue weighted by molar-refractivity contribution is -0.145. The number of esters is 1. The molecule has 1 saturated carbocycles. The van der Waals surface area contributed by atoms with Crippen LogP contribution in [0.15, 0.2) is 0 Å². The monoisotopic (exact) mass is 293 g/mol. The molecule has 1 N–H and O–H groups in total. The number of carbonyl (C=O) groups excluding carboxylic acids is 1. The Hall–Kier alpha value is -0.660. The van der Waals surface area contributed by atoms with Gasteiger partial charge in [0.1, 0.15) is 0 Å². The molecule has 1 rings (SSSR count). The Bertz CT molecular complexity index is 418. The molecular weight excluding hydrogens is 270 g/mol. The summed E-state index contributed by atoms with van der Waals surface area (Å²) in [6.45, 7) is 3.76. The van der Waals surface area contributed by atoms with Crippen LogP contribution in [-0.4, -0.2) is 46.0 Å². The predicted octanol–water partition coefficient (Wildman–Crippen LogP) is 0.673. The van der Waals surface area contributed by atoms with E-state index in [9.17, 15) is 13.2 Å². The quantitative estimate of drug-likeness (QED) is 0.728. The molecular formula is C12H23NO5S. The van der Waals surface area contributed by atoms with Gasteiger partial charge in [0.15, 0.2) is 0 Å². The van der Waals surface area contributed by atoms with Crippen LogP contribution < -0.4 is 4.72 Å². The molecule has 0 amide bonds. The Kier molecular flexibility index (Phi) is 5.34. The van der Waals surface area contributed by atoms with Gasteiger partial charge in [-0.3, -0.25) is 4.79 Å². The zero-order valence-electron chi connectivity index (χ0n) is 11.9. The standard InChI is InChI=1S/C12H23NO5S/c1-12(2,8-17-3)13-19(15,16)10-7-5-6-9(10)11(14)18-4/h9-10,13H,5-8H2,1-4H3. The Morgan fingerprint density at radius 1 is 1.32 bits per heavy atom. The largest absolute Gasteiger partial charge is 0.469 e. The smallest absolute Gasteiger partial charge is 0.310 e. The number of sulfonamides is 1. The molecule has 2 atom stereocenters. The molecule has 0 heterocycles. The van der Waals surface area contributed by atoms with E-state index in [0.29, 0.717) is 12.8 Å². The molecule has 0 saturated heterocycles. The minimum atomic E-state index is -3.58. The zero-order valence-corrected chi connectivity index (χ0v) is 12.7. The van der Waals surface area contributed by atoms with Gasteiger partial charge in [0.25, 0.3) is 0 Å². The van der Waals surface area contributed by atoms with Gasteiger partial charge in [-0.1, -0.05) is 6.42 Å². The van der Waals surface area contributed by atoms with E-state index in [1.807, 2.05) is 0 Å². The van der Waals surface area contributed by atoms with Crippen molar-refractivity contribution >= 4 is 16.0 Å².